The van der Waals surface area contributed by atoms with E-state index in [1.54, 1.807) is 78.9 Å². The maximum atomic E-state index is 13.1. The molecule has 1 atom stereocenters. The molecule has 2 saturated carbocycles. The predicted molar refractivity (Wildman–Crippen MR) is 588 cm³/mol. The van der Waals surface area contributed by atoms with Crippen molar-refractivity contribution in [1.82, 2.24) is 22.8 Å². The number of rotatable bonds is 15. The molecule has 147 heavy (non-hydrogen) atoms. The van der Waals surface area contributed by atoms with E-state index in [-0.39, 0.29) is 137 Å². The third-order valence-corrected chi connectivity index (χ3v) is 32.7. The van der Waals surface area contributed by atoms with Crippen molar-refractivity contribution in [3.63, 3.8) is 0 Å². The van der Waals surface area contributed by atoms with Crippen LogP contribution in [0.25, 0.3) is 131 Å². The minimum absolute atomic E-state index is 0.0175. The molecule has 0 amide bonds. The molecule has 1 unspecified atom stereocenters. The Labute approximate surface area is 890 Å². The second-order valence-corrected chi connectivity index (χ2v) is 45.2. The van der Waals surface area contributed by atoms with E-state index in [0.29, 0.717) is 120 Å². The summed E-state index contributed by atoms with van der Waals surface area (Å²) in [5.41, 5.74) is 10.7. The molecular formula is C114H100Cl10F3N5O15. The van der Waals surface area contributed by atoms with Crippen LogP contribution in [0.4, 0.5) is 13.2 Å². The van der Waals surface area contributed by atoms with Crippen molar-refractivity contribution in [3.8, 4) is 11.1 Å². The van der Waals surface area contributed by atoms with Gasteiger partial charge in [-0.15, -0.1) is 0 Å². The van der Waals surface area contributed by atoms with Crippen LogP contribution in [-0.2, 0) is 62.9 Å². The Morgan fingerprint density at radius 1 is 0.327 bits per heavy atom. The van der Waals surface area contributed by atoms with Crippen molar-refractivity contribution in [2.24, 2.45) is 21.7 Å². The summed E-state index contributed by atoms with van der Waals surface area (Å²) in [7, 11) is 0. The number of carboxylic acid groups (broad SMARTS) is 5. The highest BCUT2D eigenvalue weighted by Gasteiger charge is 2.35. The van der Waals surface area contributed by atoms with Crippen LogP contribution in [0.5, 0.6) is 0 Å². The van der Waals surface area contributed by atoms with Gasteiger partial charge in [0.05, 0.1) is 111 Å². The molecule has 0 radical (unpaired) electrons. The number of halogens is 13. The van der Waals surface area contributed by atoms with Crippen LogP contribution in [0.2, 0.25) is 50.2 Å². The summed E-state index contributed by atoms with van der Waals surface area (Å²) in [6.45, 7) is 16.4. The summed E-state index contributed by atoms with van der Waals surface area (Å²) in [6, 6.07) is 47.7. The summed E-state index contributed by atoms with van der Waals surface area (Å²) in [4.78, 5) is 123. The number of aromatic nitrogens is 5. The fourth-order valence-electron chi connectivity index (χ4n) is 21.1. The zero-order chi connectivity index (χ0) is 106. The number of alkyl halides is 3. The van der Waals surface area contributed by atoms with E-state index in [1.807, 2.05) is 60.7 Å². The van der Waals surface area contributed by atoms with Gasteiger partial charge in [0.25, 0.3) is 0 Å². The SMILES string of the molecule is CC1(C)CC=C(c2ccc3c(=O)c4ccc(Cl)c(Cl)c4n(CC(=O)O)c3c2)CC1.CC1(C)CCC(c2ccc3c(=O)c4ccc(Cl)c(Cl)c4n(CC(=O)O)c3c2)CC1.CC1(C)CCC=C(c2ccc3c(=O)c4ccc(Cl)c(Cl)c4n(CC(=O)O)c3c2)C1.CC1(C)CCCC(c2ccc3c(=O)c4ccc(Cl)c(Cl)c4n(CC(=O)O)c3c2)C1.O=C(O)Cn1c2cc(-c3cccc(C(F)(F)F)c3)ccc2c(=O)c2ccc(Cl)c(Cl)c21. The lowest BCUT2D eigenvalue weighted by molar-refractivity contribution is -0.138. The van der Waals surface area contributed by atoms with E-state index in [9.17, 15) is 86.6 Å². The van der Waals surface area contributed by atoms with Crippen molar-refractivity contribution >= 4 is 266 Å². The summed E-state index contributed by atoms with van der Waals surface area (Å²) in [6.07, 6.45) is 15.1. The highest BCUT2D eigenvalue weighted by Crippen LogP contribution is 2.49. The van der Waals surface area contributed by atoms with Gasteiger partial charge in [0.1, 0.15) is 32.7 Å². The Morgan fingerprint density at radius 3 is 0.980 bits per heavy atom. The fourth-order valence-corrected chi connectivity index (χ4v) is 23.2. The molecule has 0 saturated heterocycles. The predicted octanol–water partition coefficient (Wildman–Crippen LogP) is 31.0. The van der Waals surface area contributed by atoms with Crippen LogP contribution >= 0.6 is 116 Å². The van der Waals surface area contributed by atoms with E-state index < -0.39 is 48.1 Å². The molecule has 0 aliphatic heterocycles. The van der Waals surface area contributed by atoms with E-state index >= 15 is 0 Å². The minimum atomic E-state index is -4.52. The number of nitrogens with zero attached hydrogens (tertiary/aromatic N) is 5. The number of fused-ring (bicyclic) bond motifs is 10. The first-order chi connectivity index (χ1) is 69.3. The molecule has 4 aliphatic carbocycles. The average molecular weight is 2190 g/mol. The first kappa shape index (κ1) is 108. The lowest BCUT2D eigenvalue weighted by atomic mass is 9.70. The molecule has 5 heterocycles. The lowest BCUT2D eigenvalue weighted by Crippen LogP contribution is -2.22. The van der Waals surface area contributed by atoms with Gasteiger partial charge in [-0.3, -0.25) is 47.9 Å². The summed E-state index contributed by atoms with van der Waals surface area (Å²) in [5, 5.41) is 53.4. The molecule has 0 spiro atoms. The van der Waals surface area contributed by atoms with Gasteiger partial charge >= 0.3 is 36.0 Å². The van der Waals surface area contributed by atoms with Crippen LogP contribution in [0.1, 0.15) is 185 Å². The minimum Gasteiger partial charge on any atom is -0.480 e. The van der Waals surface area contributed by atoms with Gasteiger partial charge in [-0.2, -0.15) is 13.2 Å². The Bertz CT molecular complexity index is 8620. The number of hydrogen-bond acceptors (Lipinski definition) is 10. The third-order valence-electron chi connectivity index (χ3n) is 28.7. The van der Waals surface area contributed by atoms with Crippen molar-refractivity contribution in [2.75, 3.05) is 0 Å². The first-order valence-corrected chi connectivity index (χ1v) is 51.4. The van der Waals surface area contributed by atoms with Crippen LogP contribution in [0.3, 0.4) is 0 Å². The number of allylic oxidation sites excluding steroid dienone is 4. The number of aliphatic carboxylic acids is 5. The summed E-state index contributed by atoms with van der Waals surface area (Å²) < 4.78 is 47.1. The summed E-state index contributed by atoms with van der Waals surface area (Å²) >= 11 is 62.8. The molecule has 16 aromatic rings. The van der Waals surface area contributed by atoms with E-state index in [0.717, 1.165) is 118 Å². The zero-order valence-corrected chi connectivity index (χ0v) is 88.5. The van der Waals surface area contributed by atoms with Crippen LogP contribution in [0, 0.1) is 21.7 Å². The Kier molecular flexibility index (Phi) is 31.4. The van der Waals surface area contributed by atoms with Gasteiger partial charge < -0.3 is 48.4 Å². The number of carboxylic acids is 5. The molecule has 33 heteroatoms. The van der Waals surface area contributed by atoms with Crippen LogP contribution in [0.15, 0.2) is 212 Å². The monoisotopic (exact) mass is 2190 g/mol. The van der Waals surface area contributed by atoms with E-state index in [2.05, 4.69) is 67.5 Å². The second-order valence-electron chi connectivity index (χ2n) is 41.3. The first-order valence-electron chi connectivity index (χ1n) is 47.7. The van der Waals surface area contributed by atoms with Gasteiger partial charge in [-0.1, -0.05) is 232 Å². The number of hydrogen-bond donors (Lipinski definition) is 5. The van der Waals surface area contributed by atoms with Crippen LogP contribution in [-0.4, -0.2) is 78.2 Å². The molecule has 2 fully saturated rings. The number of benzene rings is 11. The maximum absolute atomic E-state index is 13.1. The normalized spacial score (nSPS) is 16.0. The van der Waals surface area contributed by atoms with Crippen molar-refractivity contribution in [2.45, 2.75) is 196 Å². The largest absolute Gasteiger partial charge is 0.480 e. The molecule has 11 aromatic carbocycles. The van der Waals surface area contributed by atoms with Gasteiger partial charge in [0.2, 0.25) is 0 Å². The molecule has 5 aromatic heterocycles. The third kappa shape index (κ3) is 22.6. The topological polar surface area (TPSA) is 296 Å². The Balaban J connectivity index is 0.000000131. The molecule has 4 aliphatic rings. The van der Waals surface area contributed by atoms with Crippen molar-refractivity contribution in [1.29, 1.82) is 0 Å². The van der Waals surface area contributed by atoms with Gasteiger partial charge in [-0.05, 0) is 295 Å². The average Bonchev–Trinajstić information content (AvgIpc) is 0.755. The molecule has 20 nitrogen and oxygen atoms in total. The number of pyridine rings is 5. The quantitative estimate of drug-likeness (QED) is 0.0596. The Hall–Kier alpha value is -11.7. The fraction of sp³-hybridized carbons (Fsp3) is 0.298. The second kappa shape index (κ2) is 42.7. The van der Waals surface area contributed by atoms with Gasteiger partial charge in [-0.25, -0.2) is 0 Å². The molecular weight excluding hydrogens is 2090 g/mol. The zero-order valence-electron chi connectivity index (χ0n) is 81.0. The van der Waals surface area contributed by atoms with Crippen molar-refractivity contribution < 1.29 is 62.7 Å². The molecule has 20 rings (SSSR count). The molecule has 0 bridgehead atoms. The highest BCUT2D eigenvalue weighted by molar-refractivity contribution is 6.48. The maximum Gasteiger partial charge on any atom is 0.416 e. The van der Waals surface area contributed by atoms with E-state index in [1.165, 1.54) is 64.6 Å². The van der Waals surface area contributed by atoms with Crippen LogP contribution < -0.4 is 27.1 Å². The molecule has 762 valence electrons. The molecule has 5 N–H and O–H groups in total. The van der Waals surface area contributed by atoms with Gasteiger partial charge in [0, 0.05) is 53.9 Å². The highest BCUT2D eigenvalue weighted by atomic mass is 35.5. The lowest BCUT2D eigenvalue weighted by Gasteiger charge is -2.35. The van der Waals surface area contributed by atoms with E-state index in [4.69, 9.17) is 116 Å². The van der Waals surface area contributed by atoms with Crippen molar-refractivity contribution in [3.05, 3.63) is 317 Å². The van der Waals surface area contributed by atoms with Gasteiger partial charge in [0.15, 0.2) is 27.1 Å². The number of carbonyl (C=O) groups is 5. The Morgan fingerprint density at radius 2 is 0.646 bits per heavy atom. The summed E-state index contributed by atoms with van der Waals surface area (Å²) in [5.74, 6) is -4.43. The smallest absolute Gasteiger partial charge is 0.416 e. The standard InChI is InChI=1S/C23H23Cl2NO3.C23H21Cl2NO3.C23H23Cl2NO3.C23H21Cl2NO3.C22H12Cl2F3NO3/c2*1-23(2)9-7-13(8-10-23)14-3-4-15-18(11-14)26(12-19(27)28)21-16(22(15)29)5-6-17(24)20(21)25;2*1-23(2)9-3-4-14(11-23)13-5-6-15-18(10-13)26(12-19(27)28)21-16(22(15)29)7-8-17(24)20(21)25;23-16-7-6-15-20(19(16)24)28(10-18(29)30)17-9-12(4-5-14(17)21(15)31)11-2-1-3-13(8-11)22(25,26)27/h3-6,11,13H,7-10,12H2,1-2H3,(H,27,28);3-7,11H,8-10,12H2,1-2H3,(H,27,28);5-8,10,14H,3-4,9,11-12H2,1-2H3,(H,27,28);4-8,10H,3,9,11-12H2,1-2H3,(H,27,28);1-9H,10H2,(H,29,30).